The molecule has 1 aliphatic carbocycles. The fourth-order valence-corrected chi connectivity index (χ4v) is 3.82. The molecule has 0 radical (unpaired) electrons. The van der Waals surface area contributed by atoms with Crippen LogP contribution >= 0.6 is 0 Å². The fourth-order valence-electron chi connectivity index (χ4n) is 3.82. The first-order valence-corrected chi connectivity index (χ1v) is 9.63. The van der Waals surface area contributed by atoms with E-state index in [4.69, 9.17) is 0 Å². The van der Waals surface area contributed by atoms with Crippen molar-refractivity contribution in [3.8, 4) is 0 Å². The Labute approximate surface area is 137 Å². The fraction of sp³-hybridized carbons (Fsp3) is 0.750. The van der Waals surface area contributed by atoms with Gasteiger partial charge in [-0.05, 0) is 43.3 Å². The molecule has 3 aliphatic rings. The molecule has 124 valence electrons. The maximum atomic E-state index is 2.55. The van der Waals surface area contributed by atoms with E-state index in [-0.39, 0.29) is 0 Å². The Morgan fingerprint density at radius 3 is 2.32 bits per heavy atom. The third-order valence-corrected chi connectivity index (χ3v) is 4.90. The average molecular weight is 304 g/mol. The van der Waals surface area contributed by atoms with Crippen LogP contribution in [0.5, 0.6) is 0 Å². The molecule has 0 bridgehead atoms. The van der Waals surface area contributed by atoms with Gasteiger partial charge in [0.05, 0.1) is 0 Å². The molecular formula is C20H35N2+. The highest BCUT2D eigenvalue weighted by atomic mass is 15.1. The molecule has 22 heavy (non-hydrogen) atoms. The summed E-state index contributed by atoms with van der Waals surface area (Å²) in [5.74, 6) is 0. The van der Waals surface area contributed by atoms with Crippen LogP contribution in [0.4, 0.5) is 0 Å². The molecule has 2 aliphatic heterocycles. The van der Waals surface area contributed by atoms with Crippen molar-refractivity contribution < 1.29 is 4.58 Å². The molecule has 3 rings (SSSR count). The van der Waals surface area contributed by atoms with E-state index in [1.54, 1.807) is 16.7 Å². The SMILES string of the molecule is CC.CCCC1=C(C=[N+]2CCCC2)CC/C1=C\N1CCCC1. The largest absolute Gasteiger partial charge is 0.377 e. The molecule has 0 amide bonds. The number of allylic oxidation sites excluding steroid dienone is 3. The lowest BCUT2D eigenvalue weighted by Gasteiger charge is -2.14. The Kier molecular flexibility index (Phi) is 7.21. The molecule has 0 aromatic rings. The van der Waals surface area contributed by atoms with E-state index < -0.39 is 0 Å². The molecule has 2 heteroatoms. The predicted octanol–water partition coefficient (Wildman–Crippen LogP) is 4.76. The zero-order valence-electron chi connectivity index (χ0n) is 15.0. The number of likely N-dealkylation sites (tertiary alicyclic amines) is 1. The van der Waals surface area contributed by atoms with Crippen LogP contribution in [0.2, 0.25) is 0 Å². The summed E-state index contributed by atoms with van der Waals surface area (Å²) >= 11 is 0. The second kappa shape index (κ2) is 9.17. The molecule has 2 fully saturated rings. The van der Waals surface area contributed by atoms with Crippen molar-refractivity contribution in [1.29, 1.82) is 0 Å². The third kappa shape index (κ3) is 4.47. The molecular weight excluding hydrogens is 268 g/mol. The number of rotatable bonds is 4. The van der Waals surface area contributed by atoms with Gasteiger partial charge in [0.1, 0.15) is 13.1 Å². The van der Waals surface area contributed by atoms with Crippen molar-refractivity contribution in [3.05, 3.63) is 22.9 Å². The van der Waals surface area contributed by atoms with Gasteiger partial charge in [0, 0.05) is 37.7 Å². The molecule has 0 aromatic carbocycles. The van der Waals surface area contributed by atoms with Gasteiger partial charge in [-0.15, -0.1) is 0 Å². The zero-order chi connectivity index (χ0) is 15.8. The lowest BCUT2D eigenvalue weighted by molar-refractivity contribution is -0.501. The van der Waals surface area contributed by atoms with E-state index in [2.05, 4.69) is 28.8 Å². The molecule has 0 saturated carbocycles. The van der Waals surface area contributed by atoms with E-state index in [1.165, 1.54) is 77.5 Å². The van der Waals surface area contributed by atoms with Crippen molar-refractivity contribution in [1.82, 2.24) is 4.90 Å². The third-order valence-electron chi connectivity index (χ3n) is 4.90. The Hall–Kier alpha value is -1.05. The van der Waals surface area contributed by atoms with Crippen LogP contribution in [0, 0.1) is 0 Å². The van der Waals surface area contributed by atoms with E-state index in [9.17, 15) is 0 Å². The average Bonchev–Trinajstić information content (AvgIpc) is 3.28. The minimum Gasteiger partial charge on any atom is -0.377 e. The van der Waals surface area contributed by atoms with Gasteiger partial charge in [-0.1, -0.05) is 27.2 Å². The second-order valence-corrected chi connectivity index (χ2v) is 6.52. The number of hydrogen-bond donors (Lipinski definition) is 0. The highest BCUT2D eigenvalue weighted by molar-refractivity contribution is 5.79. The van der Waals surface area contributed by atoms with Crippen molar-refractivity contribution in [3.63, 3.8) is 0 Å². The van der Waals surface area contributed by atoms with Crippen LogP contribution in [0.1, 0.15) is 72.1 Å². The zero-order valence-corrected chi connectivity index (χ0v) is 15.0. The van der Waals surface area contributed by atoms with Crippen LogP contribution in [-0.4, -0.2) is 41.9 Å². The van der Waals surface area contributed by atoms with E-state index in [0.717, 1.165) is 0 Å². The molecule has 0 spiro atoms. The van der Waals surface area contributed by atoms with Crippen LogP contribution in [0.15, 0.2) is 22.9 Å². The molecule has 2 saturated heterocycles. The maximum absolute atomic E-state index is 2.55. The smallest absolute Gasteiger partial charge is 0.166 e. The highest BCUT2D eigenvalue weighted by Gasteiger charge is 2.23. The highest BCUT2D eigenvalue weighted by Crippen LogP contribution is 2.34. The molecule has 2 heterocycles. The summed E-state index contributed by atoms with van der Waals surface area (Å²) in [7, 11) is 0. The lowest BCUT2D eigenvalue weighted by Crippen LogP contribution is -2.12. The molecule has 2 nitrogen and oxygen atoms in total. The summed E-state index contributed by atoms with van der Waals surface area (Å²) in [6.45, 7) is 11.4. The summed E-state index contributed by atoms with van der Waals surface area (Å²) in [6.07, 6.45) is 15.6. The van der Waals surface area contributed by atoms with Crippen LogP contribution in [0.25, 0.3) is 0 Å². The Morgan fingerprint density at radius 1 is 1.00 bits per heavy atom. The van der Waals surface area contributed by atoms with Gasteiger partial charge in [0.2, 0.25) is 0 Å². The van der Waals surface area contributed by atoms with Gasteiger partial charge in [-0.2, -0.15) is 0 Å². The summed E-state index contributed by atoms with van der Waals surface area (Å²) < 4.78 is 2.55. The van der Waals surface area contributed by atoms with Crippen LogP contribution in [0.3, 0.4) is 0 Å². The van der Waals surface area contributed by atoms with Crippen molar-refractivity contribution in [2.24, 2.45) is 0 Å². The topological polar surface area (TPSA) is 6.25 Å². The van der Waals surface area contributed by atoms with Crippen molar-refractivity contribution >= 4 is 6.21 Å². The minimum atomic E-state index is 1.26. The molecule has 0 N–H and O–H groups in total. The van der Waals surface area contributed by atoms with Gasteiger partial charge >= 0.3 is 0 Å². The maximum Gasteiger partial charge on any atom is 0.166 e. The molecule has 0 atom stereocenters. The normalized spacial score (nSPS) is 23.3. The standard InChI is InChI=1S/C18H29N2.C2H6/c1-2-7-18-16(14-19-10-3-4-11-19)8-9-17(18)15-20-12-5-6-13-20;1-2/h14-15H,2-13H2,1H3;1-2H3/q+1;. The number of hydrogen-bond acceptors (Lipinski definition) is 1. The molecule has 0 aromatic heterocycles. The van der Waals surface area contributed by atoms with E-state index in [0.29, 0.717) is 0 Å². The predicted molar refractivity (Wildman–Crippen MR) is 96.7 cm³/mol. The van der Waals surface area contributed by atoms with Crippen LogP contribution in [-0.2, 0) is 0 Å². The Morgan fingerprint density at radius 2 is 1.68 bits per heavy atom. The van der Waals surface area contributed by atoms with Crippen LogP contribution < -0.4 is 0 Å². The summed E-state index contributed by atoms with van der Waals surface area (Å²) in [4.78, 5) is 2.55. The van der Waals surface area contributed by atoms with Crippen molar-refractivity contribution in [2.75, 3.05) is 26.2 Å². The van der Waals surface area contributed by atoms with Gasteiger partial charge < -0.3 is 4.90 Å². The monoisotopic (exact) mass is 303 g/mol. The Balaban J connectivity index is 0.000000847. The van der Waals surface area contributed by atoms with Gasteiger partial charge in [-0.3, -0.25) is 0 Å². The van der Waals surface area contributed by atoms with E-state index in [1.807, 2.05) is 13.8 Å². The van der Waals surface area contributed by atoms with E-state index >= 15 is 0 Å². The first-order chi connectivity index (χ1) is 10.9. The minimum absolute atomic E-state index is 1.26. The van der Waals surface area contributed by atoms with Gasteiger partial charge in [0.25, 0.3) is 0 Å². The first-order valence-electron chi connectivity index (χ1n) is 9.63. The van der Waals surface area contributed by atoms with Gasteiger partial charge in [-0.25, -0.2) is 4.58 Å². The molecule has 0 unspecified atom stereocenters. The summed E-state index contributed by atoms with van der Waals surface area (Å²) in [6, 6.07) is 0. The second-order valence-electron chi connectivity index (χ2n) is 6.52. The Bertz CT molecular complexity index is 429. The van der Waals surface area contributed by atoms with Gasteiger partial charge in [0.15, 0.2) is 6.21 Å². The number of nitrogens with zero attached hydrogens (tertiary/aromatic N) is 2. The lowest BCUT2D eigenvalue weighted by atomic mass is 10.0. The quantitative estimate of drug-likeness (QED) is 0.679. The summed E-state index contributed by atoms with van der Waals surface area (Å²) in [5.41, 5.74) is 4.95. The summed E-state index contributed by atoms with van der Waals surface area (Å²) in [5, 5.41) is 0. The first kappa shape index (κ1) is 17.3. The van der Waals surface area contributed by atoms with Crippen molar-refractivity contribution in [2.45, 2.75) is 72.1 Å².